The van der Waals surface area contributed by atoms with Gasteiger partial charge >= 0.3 is 11.9 Å². The van der Waals surface area contributed by atoms with E-state index < -0.39 is 33.3 Å². The molecule has 0 aliphatic carbocycles. The summed E-state index contributed by atoms with van der Waals surface area (Å²) >= 11 is 0. The minimum absolute atomic E-state index is 0.114. The van der Waals surface area contributed by atoms with Crippen molar-refractivity contribution in [2.24, 2.45) is 0 Å². The van der Waals surface area contributed by atoms with Crippen molar-refractivity contribution >= 4 is 21.8 Å². The second-order valence-electron chi connectivity index (χ2n) is 4.31. The van der Waals surface area contributed by atoms with Gasteiger partial charge < -0.3 is 14.4 Å². The fraction of sp³-hybridized carbons (Fsp3) is 0.154. The largest absolute Gasteiger partial charge is 0.480 e. The van der Waals surface area contributed by atoms with Crippen molar-refractivity contribution in [3.05, 3.63) is 47.7 Å². The molecule has 0 atom stereocenters. The van der Waals surface area contributed by atoms with E-state index in [1.807, 2.05) is 0 Å². The lowest BCUT2D eigenvalue weighted by molar-refractivity contribution is -0.134. The van der Waals surface area contributed by atoms with Crippen LogP contribution in [0.25, 0.3) is 0 Å². The van der Waals surface area contributed by atoms with E-state index in [-0.39, 0.29) is 11.6 Å². The molecule has 1 heterocycles. The highest BCUT2D eigenvalue weighted by Gasteiger charge is 2.20. The zero-order valence-electron chi connectivity index (χ0n) is 11.1. The van der Waals surface area contributed by atoms with E-state index in [2.05, 4.69) is 5.16 Å². The molecule has 0 amide bonds. The number of carboxylic acid groups (broad SMARTS) is 1. The molecule has 1 aromatic carbocycles. The van der Waals surface area contributed by atoms with Crippen molar-refractivity contribution in [3.63, 3.8) is 0 Å². The minimum atomic E-state index is -3.87. The lowest BCUT2D eigenvalue weighted by atomic mass is 10.2. The normalized spacial score (nSPS) is 11.1. The van der Waals surface area contributed by atoms with Gasteiger partial charge in [0.15, 0.2) is 15.6 Å². The molecule has 0 bridgehead atoms. The zero-order valence-corrected chi connectivity index (χ0v) is 11.9. The molecule has 2 rings (SSSR count). The number of rotatable bonds is 6. The van der Waals surface area contributed by atoms with Crippen molar-refractivity contribution in [1.82, 2.24) is 5.16 Å². The summed E-state index contributed by atoms with van der Waals surface area (Å²) in [5.41, 5.74) is 0.297. The molecule has 8 nitrogen and oxygen atoms in total. The molecule has 22 heavy (non-hydrogen) atoms. The Labute approximate surface area is 125 Å². The molecule has 0 radical (unpaired) electrons. The topological polar surface area (TPSA) is 124 Å². The average molecular weight is 325 g/mol. The minimum Gasteiger partial charge on any atom is -0.480 e. The van der Waals surface area contributed by atoms with Gasteiger partial charge in [0.25, 0.3) is 5.88 Å². The van der Waals surface area contributed by atoms with Crippen LogP contribution in [0.3, 0.4) is 0 Å². The van der Waals surface area contributed by atoms with Gasteiger partial charge in [-0.15, -0.1) is 0 Å². The first kappa shape index (κ1) is 15.7. The molecule has 2 aromatic rings. The molecule has 0 spiro atoms. The Morgan fingerprint density at radius 3 is 2.55 bits per heavy atom. The number of esters is 1. The number of carboxylic acids is 1. The van der Waals surface area contributed by atoms with Gasteiger partial charge in [-0.25, -0.2) is 13.2 Å². The third-order valence-electron chi connectivity index (χ3n) is 2.45. The van der Waals surface area contributed by atoms with E-state index in [0.29, 0.717) is 5.56 Å². The van der Waals surface area contributed by atoms with E-state index in [4.69, 9.17) is 14.4 Å². The van der Waals surface area contributed by atoms with Gasteiger partial charge in [0, 0.05) is 6.07 Å². The Hall–Kier alpha value is -2.68. The van der Waals surface area contributed by atoms with Crippen LogP contribution in [0.4, 0.5) is 0 Å². The van der Waals surface area contributed by atoms with Crippen LogP contribution in [-0.4, -0.2) is 36.4 Å². The van der Waals surface area contributed by atoms with Crippen LogP contribution in [0.5, 0.6) is 5.88 Å². The molecule has 0 aliphatic rings. The molecule has 1 aromatic heterocycles. The summed E-state index contributed by atoms with van der Waals surface area (Å²) in [6.45, 7) is 0. The molecule has 0 unspecified atom stereocenters. The lowest BCUT2D eigenvalue weighted by Crippen LogP contribution is -2.16. The van der Waals surface area contributed by atoms with Crippen LogP contribution in [0.15, 0.2) is 40.9 Å². The maximum absolute atomic E-state index is 11.8. The van der Waals surface area contributed by atoms with Gasteiger partial charge in [-0.05, 0) is 17.3 Å². The Balaban J connectivity index is 2.03. The quantitative estimate of drug-likeness (QED) is 0.777. The van der Waals surface area contributed by atoms with E-state index in [0.717, 1.165) is 6.07 Å². The number of carbonyl (C=O) groups excluding carboxylic acids is 1. The first-order chi connectivity index (χ1) is 10.4. The SMILES string of the molecule is O=C(O)CS(=O)(=O)Cc1cc(OC(=O)c2ccccc2)no1. The van der Waals surface area contributed by atoms with Crippen LogP contribution < -0.4 is 4.74 Å². The van der Waals surface area contributed by atoms with E-state index in [1.165, 1.54) is 0 Å². The number of sulfone groups is 1. The second kappa shape index (κ2) is 6.39. The zero-order chi connectivity index (χ0) is 16.2. The Morgan fingerprint density at radius 1 is 1.23 bits per heavy atom. The van der Waals surface area contributed by atoms with Crippen molar-refractivity contribution in [2.75, 3.05) is 5.75 Å². The maximum atomic E-state index is 11.8. The molecule has 1 N–H and O–H groups in total. The highest BCUT2D eigenvalue weighted by atomic mass is 32.2. The molecule has 0 saturated carbocycles. The van der Waals surface area contributed by atoms with Crippen molar-refractivity contribution in [3.8, 4) is 5.88 Å². The molecule has 9 heteroatoms. The number of hydrogen-bond acceptors (Lipinski definition) is 7. The highest BCUT2D eigenvalue weighted by molar-refractivity contribution is 7.91. The van der Waals surface area contributed by atoms with Crippen LogP contribution in [0.1, 0.15) is 16.1 Å². The van der Waals surface area contributed by atoms with Gasteiger partial charge in [0.1, 0.15) is 11.5 Å². The van der Waals surface area contributed by atoms with Gasteiger partial charge in [-0.1, -0.05) is 18.2 Å². The number of hydrogen-bond donors (Lipinski definition) is 1. The van der Waals surface area contributed by atoms with E-state index in [9.17, 15) is 18.0 Å². The first-order valence-electron chi connectivity index (χ1n) is 6.01. The lowest BCUT2D eigenvalue weighted by Gasteiger charge is -1.98. The summed E-state index contributed by atoms with van der Waals surface area (Å²) < 4.78 is 32.6. The summed E-state index contributed by atoms with van der Waals surface area (Å²) in [5.74, 6) is -4.11. The number of nitrogens with zero attached hydrogens (tertiary/aromatic N) is 1. The van der Waals surface area contributed by atoms with Gasteiger partial charge in [0.2, 0.25) is 0 Å². The third kappa shape index (κ3) is 4.42. The fourth-order valence-corrected chi connectivity index (χ4v) is 2.64. The van der Waals surface area contributed by atoms with Crippen LogP contribution >= 0.6 is 0 Å². The second-order valence-corrected chi connectivity index (χ2v) is 6.38. The average Bonchev–Trinajstić information content (AvgIpc) is 2.84. The van der Waals surface area contributed by atoms with Crippen LogP contribution in [0.2, 0.25) is 0 Å². The molecule has 116 valence electrons. The molecule has 0 fully saturated rings. The van der Waals surface area contributed by atoms with Crippen LogP contribution in [0, 0.1) is 0 Å². The number of ether oxygens (including phenoxy) is 1. The number of aliphatic carboxylic acids is 1. The number of aromatic nitrogens is 1. The summed E-state index contributed by atoms with van der Waals surface area (Å²) in [6, 6.07) is 9.26. The van der Waals surface area contributed by atoms with Crippen LogP contribution in [-0.2, 0) is 20.4 Å². The molecular weight excluding hydrogens is 314 g/mol. The first-order valence-corrected chi connectivity index (χ1v) is 7.83. The summed E-state index contributed by atoms with van der Waals surface area (Å²) in [4.78, 5) is 22.2. The highest BCUT2D eigenvalue weighted by Crippen LogP contribution is 2.16. The summed E-state index contributed by atoms with van der Waals surface area (Å²) in [6.07, 6.45) is 0. The maximum Gasteiger partial charge on any atom is 0.344 e. The Kier molecular flexibility index (Phi) is 4.56. The Morgan fingerprint density at radius 2 is 1.91 bits per heavy atom. The predicted octanol–water partition coefficient (Wildman–Crippen LogP) is 0.893. The van der Waals surface area contributed by atoms with E-state index >= 15 is 0 Å². The summed E-state index contributed by atoms with van der Waals surface area (Å²) in [7, 11) is -3.87. The standard InChI is InChI=1S/C13H11NO7S/c15-12(16)8-22(18,19)7-10-6-11(14-21-10)20-13(17)9-4-2-1-3-5-9/h1-6H,7-8H2,(H,15,16). The van der Waals surface area contributed by atoms with Crippen molar-refractivity contribution in [1.29, 1.82) is 0 Å². The van der Waals surface area contributed by atoms with Crippen molar-refractivity contribution in [2.45, 2.75) is 5.75 Å². The molecular formula is C13H11NO7S. The number of carbonyl (C=O) groups is 2. The van der Waals surface area contributed by atoms with Gasteiger partial charge in [0.05, 0.1) is 5.56 Å². The van der Waals surface area contributed by atoms with E-state index in [1.54, 1.807) is 30.3 Å². The summed E-state index contributed by atoms with van der Waals surface area (Å²) in [5, 5.41) is 11.9. The third-order valence-corrected chi connectivity index (χ3v) is 3.86. The molecule has 0 aliphatic heterocycles. The van der Waals surface area contributed by atoms with Gasteiger partial charge in [-0.2, -0.15) is 0 Å². The number of benzene rings is 1. The van der Waals surface area contributed by atoms with Crippen molar-refractivity contribution < 1.29 is 32.4 Å². The Bertz CT molecular complexity index is 780. The monoisotopic (exact) mass is 325 g/mol. The molecule has 0 saturated heterocycles. The predicted molar refractivity (Wildman–Crippen MR) is 73.0 cm³/mol. The van der Waals surface area contributed by atoms with Gasteiger partial charge in [-0.3, -0.25) is 4.79 Å². The fourth-order valence-electron chi connectivity index (χ4n) is 1.59. The smallest absolute Gasteiger partial charge is 0.344 e.